The molecule has 0 spiro atoms. The number of hydrogen-bond donors (Lipinski definition) is 1. The predicted octanol–water partition coefficient (Wildman–Crippen LogP) is 4.89. The normalized spacial score (nSPS) is 17.6. The van der Waals surface area contributed by atoms with E-state index in [0.29, 0.717) is 6.04 Å². The molecule has 4 rings (SSSR count). The first-order chi connectivity index (χ1) is 12.6. The summed E-state index contributed by atoms with van der Waals surface area (Å²) in [6.07, 6.45) is 4.82. The van der Waals surface area contributed by atoms with Crippen molar-refractivity contribution in [1.29, 1.82) is 0 Å². The monoisotopic (exact) mass is 408 g/mol. The molecule has 0 unspecified atom stereocenters. The van der Waals surface area contributed by atoms with Crippen molar-refractivity contribution in [1.82, 2.24) is 10.2 Å². The van der Waals surface area contributed by atoms with Gasteiger partial charge in [0.1, 0.15) is 5.82 Å². The average molecular weight is 409 g/mol. The molecule has 1 aliphatic heterocycles. The topological polar surface area (TPSA) is 32.3 Å². The van der Waals surface area contributed by atoms with Crippen molar-refractivity contribution in [2.24, 2.45) is 5.92 Å². The molecular weight excluding hydrogens is 383 g/mol. The van der Waals surface area contributed by atoms with Crippen LogP contribution in [0.1, 0.15) is 40.9 Å². The van der Waals surface area contributed by atoms with Crippen molar-refractivity contribution >= 4 is 29.7 Å². The lowest BCUT2D eigenvalue weighted by atomic mass is 10.0. The fourth-order valence-electron chi connectivity index (χ4n) is 3.57. The molecule has 1 amide bonds. The minimum atomic E-state index is -0.238. The summed E-state index contributed by atoms with van der Waals surface area (Å²) in [7, 11) is 0. The second kappa shape index (κ2) is 8.72. The van der Waals surface area contributed by atoms with E-state index in [1.165, 1.54) is 36.3 Å². The Morgan fingerprint density at radius 1 is 1.19 bits per heavy atom. The smallest absolute Gasteiger partial charge is 0.263 e. The molecule has 1 aromatic carbocycles. The summed E-state index contributed by atoms with van der Waals surface area (Å²) in [6.45, 7) is 4.80. The lowest BCUT2D eigenvalue weighted by Crippen LogP contribution is -2.45. The molecule has 0 radical (unpaired) electrons. The third-order valence-corrected chi connectivity index (χ3v) is 6.68. The maximum Gasteiger partial charge on any atom is 0.263 e. The number of rotatable bonds is 5. The van der Waals surface area contributed by atoms with Crippen LogP contribution in [0.2, 0.25) is 0 Å². The van der Waals surface area contributed by atoms with E-state index in [4.69, 9.17) is 0 Å². The van der Waals surface area contributed by atoms with Crippen LogP contribution < -0.4 is 5.32 Å². The number of aryl methyl sites for hydroxylation is 1. The van der Waals surface area contributed by atoms with Crippen LogP contribution in [0.25, 0.3) is 10.4 Å². The molecule has 146 valence electrons. The Balaban J connectivity index is 0.00000210. The zero-order valence-corrected chi connectivity index (χ0v) is 17.2. The van der Waals surface area contributed by atoms with Gasteiger partial charge in [-0.1, -0.05) is 12.1 Å². The Labute approximate surface area is 170 Å². The average Bonchev–Trinajstić information content (AvgIpc) is 3.41. The van der Waals surface area contributed by atoms with Gasteiger partial charge in [0.2, 0.25) is 0 Å². The Bertz CT molecular complexity index is 780. The molecule has 2 aliphatic rings. The van der Waals surface area contributed by atoms with E-state index in [1.807, 2.05) is 17.9 Å². The molecule has 1 saturated carbocycles. The van der Waals surface area contributed by atoms with Crippen molar-refractivity contribution in [3.63, 3.8) is 0 Å². The van der Waals surface area contributed by atoms with Crippen LogP contribution in [0.5, 0.6) is 0 Å². The van der Waals surface area contributed by atoms with Gasteiger partial charge in [-0.3, -0.25) is 4.79 Å². The SMILES string of the molecule is Cc1cc(C(=O)N2CCC(NCC3CC3)CC2)sc1-c1ccc(F)cc1.Cl. The summed E-state index contributed by atoms with van der Waals surface area (Å²) in [4.78, 5) is 16.7. The Morgan fingerprint density at radius 2 is 1.85 bits per heavy atom. The minimum absolute atomic E-state index is 0. The van der Waals surface area contributed by atoms with Crippen molar-refractivity contribution in [2.45, 2.75) is 38.6 Å². The van der Waals surface area contributed by atoms with Crippen LogP contribution >= 0.6 is 23.7 Å². The van der Waals surface area contributed by atoms with Gasteiger partial charge in [0.25, 0.3) is 5.91 Å². The highest BCUT2D eigenvalue weighted by Crippen LogP contribution is 2.33. The number of likely N-dealkylation sites (tertiary alicyclic amines) is 1. The third-order valence-electron chi connectivity index (χ3n) is 5.41. The van der Waals surface area contributed by atoms with Gasteiger partial charge in [-0.2, -0.15) is 0 Å². The predicted molar refractivity (Wildman–Crippen MR) is 111 cm³/mol. The lowest BCUT2D eigenvalue weighted by molar-refractivity contribution is 0.0710. The van der Waals surface area contributed by atoms with Gasteiger partial charge in [0, 0.05) is 24.0 Å². The van der Waals surface area contributed by atoms with E-state index in [1.54, 1.807) is 12.1 Å². The quantitative estimate of drug-likeness (QED) is 0.763. The van der Waals surface area contributed by atoms with Gasteiger partial charge in [-0.15, -0.1) is 23.7 Å². The summed E-state index contributed by atoms with van der Waals surface area (Å²) >= 11 is 1.51. The van der Waals surface area contributed by atoms with Gasteiger partial charge in [0.15, 0.2) is 0 Å². The highest BCUT2D eigenvalue weighted by Gasteiger charge is 2.27. The molecule has 2 fully saturated rings. The highest BCUT2D eigenvalue weighted by atomic mass is 35.5. The molecule has 6 heteroatoms. The second-order valence-electron chi connectivity index (χ2n) is 7.55. The number of hydrogen-bond acceptors (Lipinski definition) is 3. The van der Waals surface area contributed by atoms with E-state index < -0.39 is 0 Å². The fourth-order valence-corrected chi connectivity index (χ4v) is 4.72. The molecule has 1 saturated heterocycles. The maximum absolute atomic E-state index is 13.2. The number of amides is 1. The van der Waals surface area contributed by atoms with Crippen LogP contribution in [0, 0.1) is 18.7 Å². The molecule has 1 N–H and O–H groups in total. The zero-order valence-electron chi connectivity index (χ0n) is 15.5. The molecule has 2 aromatic rings. The van der Waals surface area contributed by atoms with E-state index in [-0.39, 0.29) is 24.1 Å². The first-order valence-corrected chi connectivity index (χ1v) is 10.3. The molecule has 27 heavy (non-hydrogen) atoms. The fraction of sp³-hybridized carbons (Fsp3) is 0.476. The van der Waals surface area contributed by atoms with Crippen LogP contribution in [-0.2, 0) is 0 Å². The Hall–Kier alpha value is -1.43. The molecule has 0 atom stereocenters. The van der Waals surface area contributed by atoms with Gasteiger partial charge < -0.3 is 10.2 Å². The van der Waals surface area contributed by atoms with Crippen molar-refractivity contribution < 1.29 is 9.18 Å². The van der Waals surface area contributed by atoms with Crippen molar-refractivity contribution in [3.8, 4) is 10.4 Å². The number of nitrogens with zero attached hydrogens (tertiary/aromatic N) is 1. The number of nitrogens with one attached hydrogen (secondary N) is 1. The molecule has 2 heterocycles. The summed E-state index contributed by atoms with van der Waals surface area (Å²) in [5.41, 5.74) is 2.04. The highest BCUT2D eigenvalue weighted by molar-refractivity contribution is 7.17. The van der Waals surface area contributed by atoms with E-state index in [9.17, 15) is 9.18 Å². The second-order valence-corrected chi connectivity index (χ2v) is 8.60. The number of piperidine rings is 1. The van der Waals surface area contributed by atoms with Crippen LogP contribution in [0.15, 0.2) is 30.3 Å². The molecule has 1 aromatic heterocycles. The number of carbonyl (C=O) groups is 1. The number of thiophene rings is 1. The van der Waals surface area contributed by atoms with Crippen LogP contribution in [0.4, 0.5) is 4.39 Å². The Morgan fingerprint density at radius 3 is 2.48 bits per heavy atom. The molecule has 1 aliphatic carbocycles. The molecule has 3 nitrogen and oxygen atoms in total. The number of halogens is 2. The van der Waals surface area contributed by atoms with Gasteiger partial charge in [0.05, 0.1) is 4.88 Å². The van der Waals surface area contributed by atoms with Gasteiger partial charge >= 0.3 is 0 Å². The number of benzene rings is 1. The summed E-state index contributed by atoms with van der Waals surface area (Å²) in [5.74, 6) is 0.790. The molecular formula is C21H26ClFN2OS. The van der Waals surface area contributed by atoms with Gasteiger partial charge in [-0.25, -0.2) is 4.39 Å². The minimum Gasteiger partial charge on any atom is -0.338 e. The first kappa shape index (κ1) is 20.3. The van der Waals surface area contributed by atoms with E-state index in [0.717, 1.165) is 59.3 Å². The standard InChI is InChI=1S/C21H25FN2OS.ClH/c1-14-12-19(26-20(14)16-4-6-17(22)7-5-16)21(25)24-10-8-18(9-11-24)23-13-15-2-3-15;/h4-7,12,15,18,23H,2-3,8-11,13H2,1H3;1H. The summed E-state index contributed by atoms with van der Waals surface area (Å²) < 4.78 is 13.2. The van der Waals surface area contributed by atoms with Gasteiger partial charge in [-0.05, 0) is 74.4 Å². The number of carbonyl (C=O) groups excluding carboxylic acids is 1. The van der Waals surface area contributed by atoms with Crippen molar-refractivity contribution in [3.05, 3.63) is 46.6 Å². The zero-order chi connectivity index (χ0) is 18.1. The third kappa shape index (κ3) is 4.89. The first-order valence-electron chi connectivity index (χ1n) is 9.49. The molecule has 0 bridgehead atoms. The largest absolute Gasteiger partial charge is 0.338 e. The van der Waals surface area contributed by atoms with E-state index in [2.05, 4.69) is 5.32 Å². The Kier molecular flexibility index (Phi) is 6.56. The van der Waals surface area contributed by atoms with Crippen LogP contribution in [0.3, 0.4) is 0 Å². The van der Waals surface area contributed by atoms with Crippen molar-refractivity contribution in [2.75, 3.05) is 19.6 Å². The summed E-state index contributed by atoms with van der Waals surface area (Å²) in [6, 6.07) is 9.02. The lowest BCUT2D eigenvalue weighted by Gasteiger charge is -2.32. The van der Waals surface area contributed by atoms with E-state index >= 15 is 0 Å². The van der Waals surface area contributed by atoms with Crippen LogP contribution in [-0.4, -0.2) is 36.5 Å². The summed E-state index contributed by atoms with van der Waals surface area (Å²) in [5, 5.41) is 3.66. The maximum atomic E-state index is 13.2.